The van der Waals surface area contributed by atoms with Crippen molar-refractivity contribution in [2.24, 2.45) is 0 Å². The molecule has 0 bridgehead atoms. The Labute approximate surface area is 171 Å². The summed E-state index contributed by atoms with van der Waals surface area (Å²) in [6.45, 7) is 4.43. The van der Waals surface area contributed by atoms with Crippen molar-refractivity contribution in [3.63, 3.8) is 0 Å². The Morgan fingerprint density at radius 1 is 0.929 bits per heavy atom. The first-order valence-corrected chi connectivity index (χ1v) is 11.4. The van der Waals surface area contributed by atoms with Gasteiger partial charge < -0.3 is 5.11 Å². The van der Waals surface area contributed by atoms with E-state index in [1.54, 1.807) is 6.20 Å². The van der Waals surface area contributed by atoms with Gasteiger partial charge in [-0.2, -0.15) is 0 Å². The molecule has 2 aromatic rings. The lowest BCUT2D eigenvalue weighted by molar-refractivity contribution is 0.160. The highest BCUT2D eigenvalue weighted by atomic mass is 16.3. The molecule has 0 amide bonds. The molecule has 156 valence electrons. The van der Waals surface area contributed by atoms with Crippen LogP contribution in [0.15, 0.2) is 36.7 Å². The number of hydrogen-bond donors (Lipinski definition) is 1. The second kappa shape index (κ2) is 13.5. The predicted octanol–water partition coefficient (Wildman–Crippen LogP) is 6.10. The summed E-state index contributed by atoms with van der Waals surface area (Å²) in [5, 5.41) is 18.7. The van der Waals surface area contributed by atoms with E-state index in [1.807, 2.05) is 10.9 Å². The molecular formula is C24H39N3O. The number of aromatic nitrogens is 3. The fourth-order valence-corrected chi connectivity index (χ4v) is 4.02. The van der Waals surface area contributed by atoms with Gasteiger partial charge in [0, 0.05) is 6.20 Å². The predicted molar refractivity (Wildman–Crippen MR) is 116 cm³/mol. The van der Waals surface area contributed by atoms with Crippen LogP contribution in [0.3, 0.4) is 0 Å². The minimum absolute atomic E-state index is 0.179. The Kier molecular flexibility index (Phi) is 10.9. The van der Waals surface area contributed by atoms with Crippen LogP contribution in [0.25, 0.3) is 0 Å². The lowest BCUT2D eigenvalue weighted by Gasteiger charge is -2.20. The zero-order chi connectivity index (χ0) is 20.0. The average Bonchev–Trinajstić information content (AvgIpc) is 3.23. The summed E-state index contributed by atoms with van der Waals surface area (Å²) in [5.41, 5.74) is 2.48. The number of rotatable bonds is 15. The van der Waals surface area contributed by atoms with E-state index in [9.17, 15) is 5.11 Å². The molecular weight excluding hydrogens is 346 g/mol. The summed E-state index contributed by atoms with van der Waals surface area (Å²) in [6.07, 6.45) is 17.8. The first-order chi connectivity index (χ1) is 13.8. The van der Waals surface area contributed by atoms with Crippen molar-refractivity contribution in [2.75, 3.05) is 0 Å². The van der Waals surface area contributed by atoms with Crippen LogP contribution >= 0.6 is 0 Å². The molecule has 0 aliphatic carbocycles. The number of aliphatic hydroxyl groups excluding tert-OH is 1. The van der Waals surface area contributed by atoms with Crippen LogP contribution in [0.4, 0.5) is 0 Å². The van der Waals surface area contributed by atoms with Gasteiger partial charge in [-0.15, -0.1) is 5.10 Å². The Balaban J connectivity index is 1.74. The maximum Gasteiger partial charge on any atom is 0.0786 e. The van der Waals surface area contributed by atoms with E-state index in [4.69, 9.17) is 0 Å². The van der Waals surface area contributed by atoms with Crippen LogP contribution < -0.4 is 0 Å². The monoisotopic (exact) mass is 385 g/mol. The molecule has 2 rings (SSSR count). The van der Waals surface area contributed by atoms with Crippen LogP contribution in [0, 0.1) is 0 Å². The van der Waals surface area contributed by atoms with Gasteiger partial charge in [0.05, 0.1) is 18.3 Å². The first kappa shape index (κ1) is 22.6. The number of aliphatic hydroxyl groups is 1. The van der Waals surface area contributed by atoms with Crippen molar-refractivity contribution in [3.8, 4) is 0 Å². The standard InChI is InChI=1S/C24H39N3O/c1-3-5-6-7-8-9-10-11-12-16-22(28)20-21-15-13-14-17-23(21)24(4-2)27-19-18-25-26-27/h13-15,17-19,22,24,28H,3-12,16,20H2,1-2H3. The van der Waals surface area contributed by atoms with E-state index in [0.29, 0.717) is 0 Å². The van der Waals surface area contributed by atoms with E-state index in [-0.39, 0.29) is 12.1 Å². The zero-order valence-corrected chi connectivity index (χ0v) is 17.9. The molecule has 0 saturated heterocycles. The fourth-order valence-electron chi connectivity index (χ4n) is 4.02. The number of nitrogens with zero attached hydrogens (tertiary/aromatic N) is 3. The SMILES string of the molecule is CCCCCCCCCCCC(O)Cc1ccccc1C(CC)n1ccnn1. The van der Waals surface area contributed by atoms with E-state index < -0.39 is 0 Å². The lowest BCUT2D eigenvalue weighted by atomic mass is 9.93. The molecule has 4 nitrogen and oxygen atoms in total. The van der Waals surface area contributed by atoms with Crippen LogP contribution in [0.5, 0.6) is 0 Å². The van der Waals surface area contributed by atoms with Crippen molar-refractivity contribution in [2.45, 2.75) is 103 Å². The van der Waals surface area contributed by atoms with Gasteiger partial charge in [0.25, 0.3) is 0 Å². The highest BCUT2D eigenvalue weighted by molar-refractivity contribution is 5.31. The summed E-state index contributed by atoms with van der Waals surface area (Å²) in [7, 11) is 0. The zero-order valence-electron chi connectivity index (χ0n) is 17.9. The van der Waals surface area contributed by atoms with Crippen molar-refractivity contribution in [1.29, 1.82) is 0 Å². The molecule has 0 fully saturated rings. The Morgan fingerprint density at radius 3 is 2.25 bits per heavy atom. The lowest BCUT2D eigenvalue weighted by Crippen LogP contribution is -2.16. The van der Waals surface area contributed by atoms with E-state index in [1.165, 1.54) is 62.5 Å². The highest BCUT2D eigenvalue weighted by Gasteiger charge is 2.17. The molecule has 1 aromatic heterocycles. The molecule has 0 spiro atoms. The summed E-state index contributed by atoms with van der Waals surface area (Å²) < 4.78 is 1.92. The Bertz CT molecular complexity index is 627. The van der Waals surface area contributed by atoms with E-state index in [0.717, 1.165) is 25.7 Å². The van der Waals surface area contributed by atoms with Crippen molar-refractivity contribution < 1.29 is 5.11 Å². The molecule has 4 heteroatoms. The Hall–Kier alpha value is -1.68. The van der Waals surface area contributed by atoms with Crippen LogP contribution in [0.2, 0.25) is 0 Å². The third-order valence-electron chi connectivity index (χ3n) is 5.66. The van der Waals surface area contributed by atoms with Gasteiger partial charge >= 0.3 is 0 Å². The maximum atomic E-state index is 10.6. The van der Waals surface area contributed by atoms with Crippen LogP contribution in [-0.4, -0.2) is 26.2 Å². The topological polar surface area (TPSA) is 50.9 Å². The van der Waals surface area contributed by atoms with Crippen molar-refractivity contribution in [1.82, 2.24) is 15.0 Å². The molecule has 1 N–H and O–H groups in total. The minimum atomic E-state index is -0.265. The second-order valence-electron chi connectivity index (χ2n) is 7.98. The first-order valence-electron chi connectivity index (χ1n) is 11.4. The van der Waals surface area contributed by atoms with Gasteiger partial charge in [0.15, 0.2) is 0 Å². The Morgan fingerprint density at radius 2 is 1.61 bits per heavy atom. The summed E-state index contributed by atoms with van der Waals surface area (Å²) in [4.78, 5) is 0. The summed E-state index contributed by atoms with van der Waals surface area (Å²) >= 11 is 0. The van der Waals surface area contributed by atoms with Crippen LogP contribution in [0.1, 0.15) is 102 Å². The molecule has 0 aliphatic heterocycles. The van der Waals surface area contributed by atoms with Gasteiger partial charge in [0.2, 0.25) is 0 Å². The minimum Gasteiger partial charge on any atom is -0.393 e. The molecule has 0 radical (unpaired) electrons. The van der Waals surface area contributed by atoms with E-state index in [2.05, 4.69) is 48.4 Å². The third kappa shape index (κ3) is 7.75. The number of unbranched alkanes of at least 4 members (excludes halogenated alkanes) is 8. The molecule has 28 heavy (non-hydrogen) atoms. The van der Waals surface area contributed by atoms with Crippen molar-refractivity contribution in [3.05, 3.63) is 47.8 Å². The molecule has 2 atom stereocenters. The second-order valence-corrected chi connectivity index (χ2v) is 7.98. The van der Waals surface area contributed by atoms with Gasteiger partial charge in [-0.05, 0) is 30.4 Å². The normalized spacial score (nSPS) is 13.5. The largest absolute Gasteiger partial charge is 0.393 e. The quantitative estimate of drug-likeness (QED) is 0.377. The highest BCUT2D eigenvalue weighted by Crippen LogP contribution is 2.26. The number of hydrogen-bond acceptors (Lipinski definition) is 3. The summed E-state index contributed by atoms with van der Waals surface area (Å²) in [5.74, 6) is 0. The maximum absolute atomic E-state index is 10.6. The molecule has 1 heterocycles. The average molecular weight is 386 g/mol. The number of benzene rings is 1. The van der Waals surface area contributed by atoms with Gasteiger partial charge in [-0.3, -0.25) is 0 Å². The van der Waals surface area contributed by atoms with Crippen molar-refractivity contribution >= 4 is 0 Å². The molecule has 2 unspecified atom stereocenters. The van der Waals surface area contributed by atoms with E-state index >= 15 is 0 Å². The smallest absolute Gasteiger partial charge is 0.0786 e. The van der Waals surface area contributed by atoms with Gasteiger partial charge in [0.1, 0.15) is 0 Å². The summed E-state index contributed by atoms with van der Waals surface area (Å²) in [6, 6.07) is 8.63. The molecule has 0 saturated carbocycles. The van der Waals surface area contributed by atoms with Gasteiger partial charge in [-0.25, -0.2) is 4.68 Å². The fraction of sp³-hybridized carbons (Fsp3) is 0.667. The molecule has 1 aromatic carbocycles. The molecule has 0 aliphatic rings. The third-order valence-corrected chi connectivity index (χ3v) is 5.66. The van der Waals surface area contributed by atoms with Gasteiger partial charge in [-0.1, -0.05) is 101 Å². The van der Waals surface area contributed by atoms with Crippen LogP contribution in [-0.2, 0) is 6.42 Å².